The minimum Gasteiger partial charge on any atom is -0.493 e. The third-order valence-corrected chi connectivity index (χ3v) is 3.48. The summed E-state index contributed by atoms with van der Waals surface area (Å²) >= 11 is 0. The molecule has 0 radical (unpaired) electrons. The van der Waals surface area contributed by atoms with E-state index in [1.165, 1.54) is 0 Å². The first-order valence-corrected chi connectivity index (χ1v) is 6.93. The van der Waals surface area contributed by atoms with Crippen molar-refractivity contribution in [2.45, 2.75) is 18.9 Å². The van der Waals surface area contributed by atoms with E-state index in [1.54, 1.807) is 32.5 Å². The first-order chi connectivity index (χ1) is 10.3. The molecule has 3 rings (SSSR count). The summed E-state index contributed by atoms with van der Waals surface area (Å²) in [5, 5.41) is 0. The molecule has 2 aromatic rings. The summed E-state index contributed by atoms with van der Waals surface area (Å²) in [5.41, 5.74) is 1.46. The number of methoxy groups -OCH3 is 2. The Hall–Kier alpha value is -2.08. The van der Waals surface area contributed by atoms with Crippen molar-refractivity contribution in [2.75, 3.05) is 27.4 Å². The molecule has 0 aliphatic carbocycles. The van der Waals surface area contributed by atoms with E-state index >= 15 is 0 Å². The Labute approximate surface area is 123 Å². The van der Waals surface area contributed by atoms with E-state index in [0.717, 1.165) is 37.1 Å². The van der Waals surface area contributed by atoms with Crippen molar-refractivity contribution in [1.29, 1.82) is 0 Å². The van der Waals surface area contributed by atoms with Gasteiger partial charge in [-0.25, -0.2) is 9.97 Å². The summed E-state index contributed by atoms with van der Waals surface area (Å²) in [6, 6.07) is 3.61. The molecule has 1 fully saturated rings. The first kappa shape index (κ1) is 13.9. The van der Waals surface area contributed by atoms with E-state index in [4.69, 9.17) is 18.9 Å². The fourth-order valence-electron chi connectivity index (χ4n) is 2.34. The highest BCUT2D eigenvalue weighted by molar-refractivity contribution is 5.79. The fraction of sp³-hybridized carbons (Fsp3) is 0.467. The zero-order chi connectivity index (χ0) is 14.7. The molecule has 0 bridgehead atoms. The lowest BCUT2D eigenvalue weighted by atomic mass is 10.2. The molecule has 1 saturated heterocycles. The molecule has 112 valence electrons. The molecule has 0 saturated carbocycles. The van der Waals surface area contributed by atoms with Crippen LogP contribution in [-0.4, -0.2) is 43.5 Å². The maximum atomic E-state index is 5.87. The number of benzene rings is 1. The minimum atomic E-state index is 0.144. The monoisotopic (exact) mass is 290 g/mol. The van der Waals surface area contributed by atoms with E-state index < -0.39 is 0 Å². The highest BCUT2D eigenvalue weighted by Gasteiger charge is 2.16. The second-order valence-electron chi connectivity index (χ2n) is 4.83. The Bertz CT molecular complexity index is 626. The van der Waals surface area contributed by atoms with Gasteiger partial charge in [-0.1, -0.05) is 0 Å². The fourth-order valence-corrected chi connectivity index (χ4v) is 2.34. The van der Waals surface area contributed by atoms with Crippen LogP contribution in [0, 0.1) is 0 Å². The quantitative estimate of drug-likeness (QED) is 0.860. The van der Waals surface area contributed by atoms with Crippen molar-refractivity contribution >= 4 is 11.0 Å². The highest BCUT2D eigenvalue weighted by atomic mass is 16.5. The standard InChI is InChI=1S/C15H18N2O4/c1-18-13-7-11-12(8-14(13)19-2)17-15(9-16-11)21-10-3-5-20-6-4-10/h7-10H,3-6H2,1-2H3. The van der Waals surface area contributed by atoms with Crippen molar-refractivity contribution in [3.63, 3.8) is 0 Å². The lowest BCUT2D eigenvalue weighted by molar-refractivity contribution is 0.0237. The second kappa shape index (κ2) is 6.13. The lowest BCUT2D eigenvalue weighted by Gasteiger charge is -2.22. The van der Waals surface area contributed by atoms with E-state index in [2.05, 4.69) is 9.97 Å². The summed E-state index contributed by atoms with van der Waals surface area (Å²) in [4.78, 5) is 8.87. The van der Waals surface area contributed by atoms with Crippen LogP contribution < -0.4 is 14.2 Å². The molecule has 1 aromatic heterocycles. The largest absolute Gasteiger partial charge is 0.493 e. The van der Waals surface area contributed by atoms with Gasteiger partial charge in [-0.15, -0.1) is 0 Å². The molecule has 0 spiro atoms. The number of rotatable bonds is 4. The van der Waals surface area contributed by atoms with Crippen LogP contribution in [0.15, 0.2) is 18.3 Å². The summed E-state index contributed by atoms with van der Waals surface area (Å²) in [6.07, 6.45) is 3.55. The highest BCUT2D eigenvalue weighted by Crippen LogP contribution is 2.31. The van der Waals surface area contributed by atoms with E-state index in [9.17, 15) is 0 Å². The number of ether oxygens (including phenoxy) is 4. The zero-order valence-corrected chi connectivity index (χ0v) is 12.2. The van der Waals surface area contributed by atoms with Gasteiger partial charge < -0.3 is 18.9 Å². The Morgan fingerprint density at radius 1 is 1.05 bits per heavy atom. The van der Waals surface area contributed by atoms with Crippen LogP contribution in [0.5, 0.6) is 17.4 Å². The first-order valence-electron chi connectivity index (χ1n) is 6.93. The van der Waals surface area contributed by atoms with Crippen molar-refractivity contribution in [1.82, 2.24) is 9.97 Å². The molecule has 0 N–H and O–H groups in total. The predicted octanol–water partition coefficient (Wildman–Crippen LogP) is 2.20. The number of hydrogen-bond acceptors (Lipinski definition) is 6. The Balaban J connectivity index is 1.88. The predicted molar refractivity (Wildman–Crippen MR) is 77.1 cm³/mol. The smallest absolute Gasteiger partial charge is 0.233 e. The van der Waals surface area contributed by atoms with Gasteiger partial charge in [0, 0.05) is 25.0 Å². The maximum absolute atomic E-state index is 5.87. The molecule has 1 aromatic carbocycles. The van der Waals surface area contributed by atoms with E-state index in [-0.39, 0.29) is 6.10 Å². The van der Waals surface area contributed by atoms with Gasteiger partial charge in [0.05, 0.1) is 44.7 Å². The van der Waals surface area contributed by atoms with Gasteiger partial charge in [0.2, 0.25) is 5.88 Å². The van der Waals surface area contributed by atoms with Gasteiger partial charge in [-0.3, -0.25) is 0 Å². The number of nitrogens with zero attached hydrogens (tertiary/aromatic N) is 2. The zero-order valence-electron chi connectivity index (χ0n) is 12.2. The second-order valence-corrected chi connectivity index (χ2v) is 4.83. The van der Waals surface area contributed by atoms with Gasteiger partial charge in [0.1, 0.15) is 6.10 Å². The average molecular weight is 290 g/mol. The molecular formula is C15H18N2O4. The van der Waals surface area contributed by atoms with Crippen LogP contribution >= 0.6 is 0 Å². The van der Waals surface area contributed by atoms with Crippen molar-refractivity contribution in [3.05, 3.63) is 18.3 Å². The summed E-state index contributed by atoms with van der Waals surface area (Å²) in [5.74, 6) is 1.79. The van der Waals surface area contributed by atoms with Crippen LogP contribution in [0.2, 0.25) is 0 Å². The number of hydrogen-bond donors (Lipinski definition) is 0. The SMILES string of the molecule is COc1cc2ncc(OC3CCOCC3)nc2cc1OC. The van der Waals surface area contributed by atoms with E-state index in [0.29, 0.717) is 17.4 Å². The molecule has 1 aliphatic rings. The van der Waals surface area contributed by atoms with Gasteiger partial charge in [-0.05, 0) is 0 Å². The summed E-state index contributed by atoms with van der Waals surface area (Å²) in [6.45, 7) is 1.47. The number of aromatic nitrogens is 2. The number of fused-ring (bicyclic) bond motifs is 1. The van der Waals surface area contributed by atoms with E-state index in [1.807, 2.05) is 0 Å². The Morgan fingerprint density at radius 2 is 1.71 bits per heavy atom. The molecular weight excluding hydrogens is 272 g/mol. The molecule has 1 aliphatic heterocycles. The Morgan fingerprint density at radius 3 is 2.38 bits per heavy atom. The van der Waals surface area contributed by atoms with Gasteiger partial charge in [-0.2, -0.15) is 0 Å². The molecule has 0 unspecified atom stereocenters. The van der Waals surface area contributed by atoms with Gasteiger partial charge in [0.25, 0.3) is 0 Å². The van der Waals surface area contributed by atoms with Crippen LogP contribution in [0.1, 0.15) is 12.8 Å². The minimum absolute atomic E-state index is 0.144. The van der Waals surface area contributed by atoms with Gasteiger partial charge in [0.15, 0.2) is 11.5 Å². The molecule has 0 atom stereocenters. The normalized spacial score (nSPS) is 15.9. The van der Waals surface area contributed by atoms with Gasteiger partial charge >= 0.3 is 0 Å². The Kier molecular flexibility index (Phi) is 4.06. The third-order valence-electron chi connectivity index (χ3n) is 3.48. The van der Waals surface area contributed by atoms with Crippen molar-refractivity contribution < 1.29 is 18.9 Å². The molecule has 6 nitrogen and oxygen atoms in total. The average Bonchev–Trinajstić information content (AvgIpc) is 2.54. The van der Waals surface area contributed by atoms with Crippen LogP contribution in [0.3, 0.4) is 0 Å². The molecule has 2 heterocycles. The van der Waals surface area contributed by atoms with Crippen molar-refractivity contribution in [2.24, 2.45) is 0 Å². The third kappa shape index (κ3) is 3.00. The summed E-state index contributed by atoms with van der Waals surface area (Å²) < 4.78 is 21.7. The lowest BCUT2D eigenvalue weighted by Crippen LogP contribution is -2.26. The molecule has 21 heavy (non-hydrogen) atoms. The van der Waals surface area contributed by atoms with Crippen LogP contribution in [-0.2, 0) is 4.74 Å². The molecule has 0 amide bonds. The van der Waals surface area contributed by atoms with Crippen LogP contribution in [0.25, 0.3) is 11.0 Å². The molecule has 6 heteroatoms. The van der Waals surface area contributed by atoms with Crippen LogP contribution in [0.4, 0.5) is 0 Å². The van der Waals surface area contributed by atoms with Crippen molar-refractivity contribution in [3.8, 4) is 17.4 Å². The summed E-state index contributed by atoms with van der Waals surface area (Å²) in [7, 11) is 3.19. The maximum Gasteiger partial charge on any atom is 0.233 e. The topological polar surface area (TPSA) is 62.7 Å².